The van der Waals surface area contributed by atoms with Crippen LogP contribution in [0.4, 0.5) is 0 Å². The van der Waals surface area contributed by atoms with Crippen LogP contribution in [0.5, 0.6) is 0 Å². The fraction of sp³-hybridized carbons (Fsp3) is 0.538. The largest absolute Gasteiger partial charge is 0.468 e. The van der Waals surface area contributed by atoms with E-state index in [0.29, 0.717) is 6.04 Å². The molecule has 3 heteroatoms. The molecule has 90 valence electrons. The van der Waals surface area contributed by atoms with Crippen molar-refractivity contribution in [1.29, 1.82) is 0 Å². The second-order valence-corrected chi connectivity index (χ2v) is 4.54. The first kappa shape index (κ1) is 13.0. The zero-order valence-corrected chi connectivity index (χ0v) is 10.5. The van der Waals surface area contributed by atoms with Gasteiger partial charge in [-0.1, -0.05) is 20.4 Å². The number of nitrogens with one attached hydrogen (secondary N) is 1. The minimum absolute atomic E-state index is 0.507. The minimum Gasteiger partial charge on any atom is -0.468 e. The molecule has 0 aliphatic carbocycles. The van der Waals surface area contributed by atoms with Gasteiger partial charge in [0.25, 0.3) is 0 Å². The Kier molecular flexibility index (Phi) is 5.29. The zero-order valence-electron chi connectivity index (χ0n) is 10.5. The fourth-order valence-corrected chi connectivity index (χ4v) is 1.51. The minimum atomic E-state index is 0.507. The van der Waals surface area contributed by atoms with Crippen LogP contribution in [0.25, 0.3) is 0 Å². The molecule has 0 atom stereocenters. The molecule has 0 spiro atoms. The van der Waals surface area contributed by atoms with Gasteiger partial charge in [0.1, 0.15) is 5.76 Å². The van der Waals surface area contributed by atoms with Crippen LogP contribution in [0.1, 0.15) is 19.6 Å². The summed E-state index contributed by atoms with van der Waals surface area (Å²) in [6.45, 7) is 10.9. The quantitative estimate of drug-likeness (QED) is 0.717. The third-order valence-corrected chi connectivity index (χ3v) is 2.26. The Morgan fingerprint density at radius 2 is 2.31 bits per heavy atom. The third-order valence-electron chi connectivity index (χ3n) is 2.26. The maximum Gasteiger partial charge on any atom is 0.117 e. The van der Waals surface area contributed by atoms with Crippen molar-refractivity contribution in [2.75, 3.05) is 20.1 Å². The summed E-state index contributed by atoms with van der Waals surface area (Å²) < 4.78 is 5.30. The maximum absolute atomic E-state index is 5.30. The second-order valence-electron chi connectivity index (χ2n) is 4.54. The van der Waals surface area contributed by atoms with E-state index in [9.17, 15) is 0 Å². The van der Waals surface area contributed by atoms with Crippen LogP contribution < -0.4 is 5.32 Å². The molecule has 1 rings (SSSR count). The van der Waals surface area contributed by atoms with Crippen molar-refractivity contribution in [2.45, 2.75) is 26.4 Å². The molecular formula is C13H22N2O. The van der Waals surface area contributed by atoms with Gasteiger partial charge < -0.3 is 9.73 Å². The van der Waals surface area contributed by atoms with Crippen LogP contribution in [0, 0.1) is 0 Å². The molecule has 0 bridgehead atoms. The van der Waals surface area contributed by atoms with E-state index in [1.54, 1.807) is 6.26 Å². The van der Waals surface area contributed by atoms with Crippen molar-refractivity contribution in [3.8, 4) is 0 Å². The molecule has 1 aromatic heterocycles. The van der Waals surface area contributed by atoms with Gasteiger partial charge in [0, 0.05) is 19.1 Å². The summed E-state index contributed by atoms with van der Waals surface area (Å²) in [5.41, 5.74) is 1.20. The molecule has 16 heavy (non-hydrogen) atoms. The Hall–Kier alpha value is -1.06. The van der Waals surface area contributed by atoms with Crippen LogP contribution in [-0.4, -0.2) is 31.1 Å². The number of hydrogen-bond acceptors (Lipinski definition) is 3. The average molecular weight is 222 g/mol. The zero-order chi connectivity index (χ0) is 12.0. The number of likely N-dealkylation sites (N-methyl/N-ethyl adjacent to an activating group) is 1. The molecule has 0 amide bonds. The number of rotatable bonds is 7. The molecule has 0 saturated heterocycles. The highest BCUT2D eigenvalue weighted by Gasteiger charge is 2.04. The average Bonchev–Trinajstić information content (AvgIpc) is 2.67. The normalized spacial score (nSPS) is 11.3. The second kappa shape index (κ2) is 6.51. The maximum atomic E-state index is 5.30. The van der Waals surface area contributed by atoms with Crippen LogP contribution >= 0.6 is 0 Å². The van der Waals surface area contributed by atoms with Crippen LogP contribution in [0.2, 0.25) is 0 Å². The van der Waals surface area contributed by atoms with Crippen molar-refractivity contribution in [1.82, 2.24) is 10.2 Å². The van der Waals surface area contributed by atoms with E-state index >= 15 is 0 Å². The predicted octanol–water partition coefficient (Wildman–Crippen LogP) is 2.27. The van der Waals surface area contributed by atoms with Gasteiger partial charge >= 0.3 is 0 Å². The molecule has 0 fully saturated rings. The summed E-state index contributed by atoms with van der Waals surface area (Å²) in [6.07, 6.45) is 1.71. The Bertz CT molecular complexity index is 304. The Labute approximate surface area is 98.1 Å². The van der Waals surface area contributed by atoms with Crippen LogP contribution in [0.15, 0.2) is 35.0 Å². The highest BCUT2D eigenvalue weighted by molar-refractivity contribution is 5.02. The van der Waals surface area contributed by atoms with Crippen molar-refractivity contribution >= 4 is 0 Å². The molecular weight excluding hydrogens is 200 g/mol. The Morgan fingerprint density at radius 1 is 1.56 bits per heavy atom. The molecule has 1 heterocycles. The molecule has 1 N–H and O–H groups in total. The Balaban J connectivity index is 2.23. The smallest absolute Gasteiger partial charge is 0.117 e. The lowest BCUT2D eigenvalue weighted by Gasteiger charge is -2.18. The van der Waals surface area contributed by atoms with Gasteiger partial charge in [-0.3, -0.25) is 4.90 Å². The van der Waals surface area contributed by atoms with Gasteiger partial charge in [0.15, 0.2) is 0 Å². The van der Waals surface area contributed by atoms with Crippen molar-refractivity contribution in [2.24, 2.45) is 0 Å². The van der Waals surface area contributed by atoms with Gasteiger partial charge in [-0.15, -0.1) is 0 Å². The first-order valence-electron chi connectivity index (χ1n) is 5.69. The number of furan rings is 1. The fourth-order valence-electron chi connectivity index (χ4n) is 1.51. The van der Waals surface area contributed by atoms with Gasteiger partial charge in [0.2, 0.25) is 0 Å². The monoisotopic (exact) mass is 222 g/mol. The first-order valence-corrected chi connectivity index (χ1v) is 5.69. The summed E-state index contributed by atoms with van der Waals surface area (Å²) in [4.78, 5) is 2.20. The lowest BCUT2D eigenvalue weighted by molar-refractivity contribution is 0.314. The highest BCUT2D eigenvalue weighted by atomic mass is 16.3. The molecule has 0 aliphatic rings. The van der Waals surface area contributed by atoms with Gasteiger partial charge in [-0.25, -0.2) is 0 Å². The van der Waals surface area contributed by atoms with Crippen molar-refractivity contribution in [3.63, 3.8) is 0 Å². The molecule has 1 aromatic rings. The van der Waals surface area contributed by atoms with E-state index in [4.69, 9.17) is 4.42 Å². The summed E-state index contributed by atoms with van der Waals surface area (Å²) >= 11 is 0. The van der Waals surface area contributed by atoms with Crippen LogP contribution in [-0.2, 0) is 6.54 Å². The van der Waals surface area contributed by atoms with E-state index in [1.165, 1.54) is 5.57 Å². The summed E-state index contributed by atoms with van der Waals surface area (Å²) in [5.74, 6) is 0.993. The van der Waals surface area contributed by atoms with Gasteiger partial charge in [0.05, 0.1) is 12.8 Å². The van der Waals surface area contributed by atoms with Crippen molar-refractivity contribution in [3.05, 3.63) is 36.3 Å². The van der Waals surface area contributed by atoms with E-state index < -0.39 is 0 Å². The molecule has 0 radical (unpaired) electrons. The van der Waals surface area contributed by atoms with Gasteiger partial charge in [-0.2, -0.15) is 0 Å². The molecule has 0 unspecified atom stereocenters. The van der Waals surface area contributed by atoms with E-state index in [2.05, 4.69) is 37.7 Å². The SMILES string of the molecule is C=C(CNC(C)C)CN(C)Cc1ccco1. The number of nitrogens with zero attached hydrogens (tertiary/aromatic N) is 1. The van der Waals surface area contributed by atoms with Crippen LogP contribution in [0.3, 0.4) is 0 Å². The lowest BCUT2D eigenvalue weighted by Crippen LogP contribution is -2.29. The molecule has 0 aliphatic heterocycles. The summed E-state index contributed by atoms with van der Waals surface area (Å²) in [5, 5.41) is 3.36. The molecule has 0 aromatic carbocycles. The van der Waals surface area contributed by atoms with E-state index in [-0.39, 0.29) is 0 Å². The number of hydrogen-bond donors (Lipinski definition) is 1. The lowest BCUT2D eigenvalue weighted by atomic mass is 10.2. The third kappa shape index (κ3) is 5.14. The molecule has 0 saturated carbocycles. The first-order chi connectivity index (χ1) is 7.58. The Morgan fingerprint density at radius 3 is 2.88 bits per heavy atom. The van der Waals surface area contributed by atoms with E-state index in [0.717, 1.165) is 25.4 Å². The van der Waals surface area contributed by atoms with Crippen molar-refractivity contribution < 1.29 is 4.42 Å². The molecule has 3 nitrogen and oxygen atoms in total. The topological polar surface area (TPSA) is 28.4 Å². The van der Waals surface area contributed by atoms with E-state index in [1.807, 2.05) is 12.1 Å². The van der Waals surface area contributed by atoms with Gasteiger partial charge in [-0.05, 0) is 24.8 Å². The predicted molar refractivity (Wildman–Crippen MR) is 67.3 cm³/mol. The summed E-state index contributed by atoms with van der Waals surface area (Å²) in [6, 6.07) is 4.41. The summed E-state index contributed by atoms with van der Waals surface area (Å²) in [7, 11) is 2.07. The highest BCUT2D eigenvalue weighted by Crippen LogP contribution is 2.05. The standard InChI is InChI=1S/C13H22N2O/c1-11(2)14-8-12(3)9-15(4)10-13-6-5-7-16-13/h5-7,11,14H,3,8-10H2,1-2,4H3.